The third-order valence-electron chi connectivity index (χ3n) is 3.27. The predicted octanol–water partition coefficient (Wildman–Crippen LogP) is 1.98. The molecule has 0 radical (unpaired) electrons. The number of aliphatic carboxylic acids is 1. The Morgan fingerprint density at radius 2 is 2.16 bits per heavy atom. The lowest BCUT2D eigenvalue weighted by Crippen LogP contribution is -2.52. The molecule has 0 unspecified atom stereocenters. The van der Waals surface area contributed by atoms with Crippen LogP contribution in [0.5, 0.6) is 0 Å². The molecule has 1 aromatic heterocycles. The summed E-state index contributed by atoms with van der Waals surface area (Å²) < 4.78 is 0. The van der Waals surface area contributed by atoms with Crippen molar-refractivity contribution in [3.05, 3.63) is 22.2 Å². The standard InChI is InChI=1S/C13H16N2O3S/c1-9-14-10(8-19-9)4-5-11(16)15-13(12(17)18)6-2-3-7-13/h4-5,8H,2-3,6-7H2,1H3,(H,15,16)(H,17,18)/b5-4+. The van der Waals surface area contributed by atoms with Gasteiger partial charge in [-0.2, -0.15) is 0 Å². The number of carbonyl (C=O) groups is 2. The van der Waals surface area contributed by atoms with E-state index in [0.29, 0.717) is 18.5 Å². The van der Waals surface area contributed by atoms with E-state index < -0.39 is 11.5 Å². The van der Waals surface area contributed by atoms with Crippen molar-refractivity contribution >= 4 is 29.3 Å². The second-order valence-corrected chi connectivity index (χ2v) is 5.77. The van der Waals surface area contributed by atoms with Crippen LogP contribution in [0.4, 0.5) is 0 Å². The fraction of sp³-hybridized carbons (Fsp3) is 0.462. The van der Waals surface area contributed by atoms with E-state index in [1.807, 2.05) is 12.3 Å². The van der Waals surface area contributed by atoms with Gasteiger partial charge in [-0.1, -0.05) is 12.8 Å². The number of hydrogen-bond donors (Lipinski definition) is 2. The summed E-state index contributed by atoms with van der Waals surface area (Å²) in [5.74, 6) is -1.33. The summed E-state index contributed by atoms with van der Waals surface area (Å²) in [7, 11) is 0. The first-order chi connectivity index (χ1) is 9.02. The molecule has 19 heavy (non-hydrogen) atoms. The Hall–Kier alpha value is -1.69. The number of rotatable bonds is 4. The van der Waals surface area contributed by atoms with E-state index in [1.165, 1.54) is 17.4 Å². The Kier molecular flexibility index (Phi) is 3.99. The number of carbonyl (C=O) groups excluding carboxylic acids is 1. The Balaban J connectivity index is 2.00. The lowest BCUT2D eigenvalue weighted by Gasteiger charge is -2.24. The normalized spacial score (nSPS) is 17.7. The molecule has 0 aromatic carbocycles. The van der Waals surface area contributed by atoms with Gasteiger partial charge in [0.15, 0.2) is 0 Å². The molecule has 1 amide bonds. The first-order valence-corrected chi connectivity index (χ1v) is 7.06. The van der Waals surface area contributed by atoms with Gasteiger partial charge in [0.25, 0.3) is 0 Å². The third-order valence-corrected chi connectivity index (χ3v) is 4.06. The number of nitrogens with zero attached hydrogens (tertiary/aromatic N) is 1. The minimum atomic E-state index is -1.08. The molecule has 1 fully saturated rings. The number of aromatic nitrogens is 1. The zero-order valence-corrected chi connectivity index (χ0v) is 11.5. The third kappa shape index (κ3) is 3.20. The van der Waals surface area contributed by atoms with Crippen molar-refractivity contribution in [3.63, 3.8) is 0 Å². The van der Waals surface area contributed by atoms with E-state index in [4.69, 9.17) is 0 Å². The van der Waals surface area contributed by atoms with Gasteiger partial charge >= 0.3 is 5.97 Å². The van der Waals surface area contributed by atoms with E-state index in [0.717, 1.165) is 17.8 Å². The molecule has 0 atom stereocenters. The van der Waals surface area contributed by atoms with Crippen molar-refractivity contribution in [1.29, 1.82) is 0 Å². The van der Waals surface area contributed by atoms with Gasteiger partial charge in [-0.05, 0) is 25.8 Å². The van der Waals surface area contributed by atoms with Gasteiger partial charge in [-0.3, -0.25) is 4.79 Å². The SMILES string of the molecule is Cc1nc(/C=C/C(=O)NC2(C(=O)O)CCCC2)cs1. The Bertz CT molecular complexity index is 516. The summed E-state index contributed by atoms with van der Waals surface area (Å²) in [5.41, 5.74) is -0.368. The molecule has 1 aromatic rings. The number of aryl methyl sites for hydroxylation is 1. The highest BCUT2D eigenvalue weighted by molar-refractivity contribution is 7.09. The molecule has 0 bridgehead atoms. The minimum absolute atomic E-state index is 0.380. The smallest absolute Gasteiger partial charge is 0.329 e. The van der Waals surface area contributed by atoms with Crippen molar-refractivity contribution in [2.45, 2.75) is 38.1 Å². The van der Waals surface area contributed by atoms with Crippen LogP contribution in [0.1, 0.15) is 36.4 Å². The van der Waals surface area contributed by atoms with Crippen LogP contribution in [-0.2, 0) is 9.59 Å². The maximum absolute atomic E-state index is 11.8. The van der Waals surface area contributed by atoms with E-state index in [1.54, 1.807) is 6.08 Å². The zero-order valence-electron chi connectivity index (χ0n) is 10.7. The molecule has 1 heterocycles. The van der Waals surface area contributed by atoms with Gasteiger partial charge in [0, 0.05) is 11.5 Å². The van der Waals surface area contributed by atoms with Crippen molar-refractivity contribution < 1.29 is 14.7 Å². The second kappa shape index (κ2) is 5.52. The highest BCUT2D eigenvalue weighted by atomic mass is 32.1. The fourth-order valence-electron chi connectivity index (χ4n) is 2.27. The average Bonchev–Trinajstić information content (AvgIpc) is 2.97. The van der Waals surface area contributed by atoms with Crippen LogP contribution >= 0.6 is 11.3 Å². The van der Waals surface area contributed by atoms with E-state index >= 15 is 0 Å². The topological polar surface area (TPSA) is 79.3 Å². The molecule has 102 valence electrons. The monoisotopic (exact) mass is 280 g/mol. The van der Waals surface area contributed by atoms with E-state index in [2.05, 4.69) is 10.3 Å². The molecule has 0 saturated heterocycles. The predicted molar refractivity (Wildman–Crippen MR) is 72.9 cm³/mol. The number of amides is 1. The molecule has 2 N–H and O–H groups in total. The lowest BCUT2D eigenvalue weighted by molar-refractivity contribution is -0.146. The molecule has 1 aliphatic carbocycles. The van der Waals surface area contributed by atoms with Crippen LogP contribution in [-0.4, -0.2) is 27.5 Å². The Morgan fingerprint density at radius 3 is 2.68 bits per heavy atom. The van der Waals surface area contributed by atoms with Crippen LogP contribution in [0.25, 0.3) is 6.08 Å². The van der Waals surface area contributed by atoms with Crippen LogP contribution in [0, 0.1) is 6.92 Å². The molecular weight excluding hydrogens is 264 g/mol. The van der Waals surface area contributed by atoms with Crippen LogP contribution < -0.4 is 5.32 Å². The van der Waals surface area contributed by atoms with Gasteiger partial charge in [0.1, 0.15) is 5.54 Å². The maximum Gasteiger partial charge on any atom is 0.329 e. The molecule has 1 saturated carbocycles. The summed E-state index contributed by atoms with van der Waals surface area (Å²) in [4.78, 5) is 27.3. The van der Waals surface area contributed by atoms with Crippen molar-refractivity contribution in [3.8, 4) is 0 Å². The molecular formula is C13H16N2O3S. The van der Waals surface area contributed by atoms with Crippen LogP contribution in [0.15, 0.2) is 11.5 Å². The lowest BCUT2D eigenvalue weighted by atomic mass is 9.98. The number of carboxylic acids is 1. The molecule has 1 aliphatic rings. The van der Waals surface area contributed by atoms with Crippen molar-refractivity contribution in [2.24, 2.45) is 0 Å². The second-order valence-electron chi connectivity index (χ2n) is 4.71. The van der Waals surface area contributed by atoms with E-state index in [9.17, 15) is 14.7 Å². The summed E-state index contributed by atoms with van der Waals surface area (Å²) in [6, 6.07) is 0. The Morgan fingerprint density at radius 1 is 1.47 bits per heavy atom. The van der Waals surface area contributed by atoms with Crippen molar-refractivity contribution in [1.82, 2.24) is 10.3 Å². The van der Waals surface area contributed by atoms with E-state index in [-0.39, 0.29) is 5.91 Å². The number of hydrogen-bond acceptors (Lipinski definition) is 4. The van der Waals surface area contributed by atoms with Crippen molar-refractivity contribution in [2.75, 3.05) is 0 Å². The van der Waals surface area contributed by atoms with Crippen LogP contribution in [0.2, 0.25) is 0 Å². The van der Waals surface area contributed by atoms with Gasteiger partial charge in [-0.15, -0.1) is 11.3 Å². The number of nitrogens with one attached hydrogen (secondary N) is 1. The number of thiazole rings is 1. The van der Waals surface area contributed by atoms with Crippen LogP contribution in [0.3, 0.4) is 0 Å². The molecule has 0 aliphatic heterocycles. The number of carboxylic acid groups (broad SMARTS) is 1. The summed E-state index contributed by atoms with van der Waals surface area (Å²) >= 11 is 1.50. The minimum Gasteiger partial charge on any atom is -0.480 e. The molecule has 0 spiro atoms. The van der Waals surface area contributed by atoms with Gasteiger partial charge in [-0.25, -0.2) is 9.78 Å². The summed E-state index contributed by atoms with van der Waals surface area (Å²) in [5, 5.41) is 14.6. The average molecular weight is 280 g/mol. The maximum atomic E-state index is 11.8. The molecule has 2 rings (SSSR count). The molecule has 6 heteroatoms. The highest BCUT2D eigenvalue weighted by Crippen LogP contribution is 2.29. The highest BCUT2D eigenvalue weighted by Gasteiger charge is 2.42. The fourth-order valence-corrected chi connectivity index (χ4v) is 2.85. The summed E-state index contributed by atoms with van der Waals surface area (Å²) in [6.07, 6.45) is 5.61. The first kappa shape index (κ1) is 13.7. The quantitative estimate of drug-likeness (QED) is 0.826. The largest absolute Gasteiger partial charge is 0.480 e. The first-order valence-electron chi connectivity index (χ1n) is 6.18. The van der Waals surface area contributed by atoms with Gasteiger partial charge in [0.2, 0.25) is 5.91 Å². The van der Waals surface area contributed by atoms with Gasteiger partial charge < -0.3 is 10.4 Å². The molecule has 5 nitrogen and oxygen atoms in total. The van der Waals surface area contributed by atoms with Gasteiger partial charge in [0.05, 0.1) is 10.7 Å². The zero-order chi connectivity index (χ0) is 13.9. The summed E-state index contributed by atoms with van der Waals surface area (Å²) in [6.45, 7) is 1.89. The Labute approximate surface area is 115 Å².